The van der Waals surface area contributed by atoms with Crippen molar-refractivity contribution in [2.45, 2.75) is 33.0 Å². The molecular formula is C17H18O3. The minimum absolute atomic E-state index is 0.191. The van der Waals surface area contributed by atoms with E-state index in [9.17, 15) is 4.79 Å². The maximum absolute atomic E-state index is 11.3. The van der Waals surface area contributed by atoms with Crippen molar-refractivity contribution in [1.82, 2.24) is 0 Å². The van der Waals surface area contributed by atoms with Crippen LogP contribution in [0.1, 0.15) is 44.1 Å². The van der Waals surface area contributed by atoms with E-state index in [1.165, 1.54) is 18.1 Å². The Morgan fingerprint density at radius 1 is 1.05 bits per heavy atom. The van der Waals surface area contributed by atoms with E-state index >= 15 is 0 Å². The fraction of sp³-hybridized carbons (Fsp3) is 0.471. The highest BCUT2D eigenvalue weighted by molar-refractivity contribution is 5.67. The fourth-order valence-electron chi connectivity index (χ4n) is 4.08. The summed E-state index contributed by atoms with van der Waals surface area (Å²) in [6.45, 7) is 5.51. The Morgan fingerprint density at radius 3 is 2.05 bits per heavy atom. The molecule has 1 unspecified atom stereocenters. The first-order chi connectivity index (χ1) is 9.59. The first-order valence-corrected chi connectivity index (χ1v) is 7.19. The predicted molar refractivity (Wildman–Crippen MR) is 73.6 cm³/mol. The summed E-state index contributed by atoms with van der Waals surface area (Å²) in [4.78, 5) is 11.3. The van der Waals surface area contributed by atoms with Gasteiger partial charge in [0.1, 0.15) is 5.76 Å². The molecule has 2 heterocycles. The molecule has 0 radical (unpaired) electrons. The molecule has 0 N–H and O–H groups in total. The summed E-state index contributed by atoms with van der Waals surface area (Å²) in [5.74, 6) is 1.97. The average Bonchev–Trinajstić information content (AvgIpc) is 2.86. The Bertz CT molecular complexity index is 592. The number of esters is 1. The molecule has 104 valence electrons. The molecule has 3 nitrogen and oxygen atoms in total. The lowest BCUT2D eigenvalue weighted by molar-refractivity contribution is -0.137. The molecule has 5 atom stereocenters. The summed E-state index contributed by atoms with van der Waals surface area (Å²) in [5.41, 5.74) is 3.76. The maximum Gasteiger partial charge on any atom is 0.307 e. The second kappa shape index (κ2) is 3.95. The zero-order chi connectivity index (χ0) is 14.0. The maximum atomic E-state index is 11.3. The van der Waals surface area contributed by atoms with Crippen LogP contribution in [0.15, 0.2) is 35.6 Å². The van der Waals surface area contributed by atoms with Gasteiger partial charge in [-0.3, -0.25) is 4.79 Å². The lowest BCUT2D eigenvalue weighted by atomic mass is 9.92. The molecule has 1 aromatic rings. The van der Waals surface area contributed by atoms with Gasteiger partial charge >= 0.3 is 5.97 Å². The average molecular weight is 270 g/mol. The highest BCUT2D eigenvalue weighted by Gasteiger charge is 2.70. The van der Waals surface area contributed by atoms with E-state index in [1.807, 2.05) is 13.8 Å². The smallest absolute Gasteiger partial charge is 0.307 e. The summed E-state index contributed by atoms with van der Waals surface area (Å²) in [5, 5.41) is 0. The Morgan fingerprint density at radius 2 is 1.60 bits per heavy atom. The molecule has 1 saturated carbocycles. The molecule has 3 aliphatic rings. The molecule has 1 aliphatic carbocycles. The van der Waals surface area contributed by atoms with E-state index < -0.39 is 0 Å². The molecular weight excluding hydrogens is 252 g/mol. The number of benzene rings is 1. The Labute approximate surface area is 118 Å². The third-order valence-corrected chi connectivity index (χ3v) is 4.78. The van der Waals surface area contributed by atoms with E-state index in [0.29, 0.717) is 17.8 Å². The molecule has 1 saturated heterocycles. The first-order valence-electron chi connectivity index (χ1n) is 7.19. The molecule has 0 aromatic heterocycles. The predicted octanol–water partition coefficient (Wildman–Crippen LogP) is 3.53. The van der Waals surface area contributed by atoms with Gasteiger partial charge in [0.25, 0.3) is 0 Å². The molecule has 0 amide bonds. The van der Waals surface area contributed by atoms with Crippen molar-refractivity contribution in [1.29, 1.82) is 0 Å². The zero-order valence-corrected chi connectivity index (χ0v) is 11.9. The van der Waals surface area contributed by atoms with Gasteiger partial charge in [0.2, 0.25) is 0 Å². The number of carbonyl (C=O) groups excluding carboxylic acids is 1. The lowest BCUT2D eigenvalue weighted by Crippen LogP contribution is -2.08. The summed E-state index contributed by atoms with van der Waals surface area (Å²) >= 11 is 0. The molecule has 1 aromatic carbocycles. The molecule has 2 fully saturated rings. The fourth-order valence-corrected chi connectivity index (χ4v) is 4.08. The molecule has 20 heavy (non-hydrogen) atoms. The minimum atomic E-state index is -0.225. The van der Waals surface area contributed by atoms with Gasteiger partial charge in [-0.25, -0.2) is 0 Å². The SMILES string of the molecule is CC(=O)OC(=C(C)C)C1[C@@H]2[C@H]1[C@@H]1O[C@H]2c2ccccc21. The number of hydrogen-bond acceptors (Lipinski definition) is 3. The number of allylic oxidation sites excluding steroid dienone is 2. The van der Waals surface area contributed by atoms with E-state index in [2.05, 4.69) is 24.3 Å². The van der Waals surface area contributed by atoms with Crippen LogP contribution < -0.4 is 0 Å². The van der Waals surface area contributed by atoms with Crippen molar-refractivity contribution < 1.29 is 14.3 Å². The standard InChI is InChI=1S/C17H18O3/c1-8(2)15(19-9(3)18)12-13-14(12)17-11-7-5-4-6-10(11)16(13)20-17/h4-7,12-14,16-17H,1-3H3/t12?,13-,14+,16+,17-. The van der Waals surface area contributed by atoms with Crippen LogP contribution >= 0.6 is 0 Å². The molecule has 0 spiro atoms. The van der Waals surface area contributed by atoms with Crippen LogP contribution in [0.25, 0.3) is 0 Å². The highest BCUT2D eigenvalue weighted by atomic mass is 16.5. The largest absolute Gasteiger partial charge is 0.431 e. The summed E-state index contributed by atoms with van der Waals surface area (Å²) in [6, 6.07) is 8.48. The van der Waals surface area contributed by atoms with Gasteiger partial charge in [-0.2, -0.15) is 0 Å². The third kappa shape index (κ3) is 1.47. The number of rotatable bonds is 2. The summed E-state index contributed by atoms with van der Waals surface area (Å²) < 4.78 is 11.6. The van der Waals surface area contributed by atoms with Crippen LogP contribution in [0, 0.1) is 17.8 Å². The van der Waals surface area contributed by atoms with E-state index in [4.69, 9.17) is 9.47 Å². The molecule has 4 rings (SSSR count). The highest BCUT2D eigenvalue weighted by Crippen LogP contribution is 2.74. The summed E-state index contributed by atoms with van der Waals surface area (Å²) in [7, 11) is 0. The van der Waals surface area contributed by atoms with Gasteiger partial charge in [-0.1, -0.05) is 24.3 Å². The van der Waals surface area contributed by atoms with Crippen molar-refractivity contribution in [3.05, 3.63) is 46.7 Å². The van der Waals surface area contributed by atoms with Crippen molar-refractivity contribution in [3.63, 3.8) is 0 Å². The van der Waals surface area contributed by atoms with Crippen LogP contribution in [0.5, 0.6) is 0 Å². The number of carbonyl (C=O) groups is 1. The Kier molecular flexibility index (Phi) is 2.40. The van der Waals surface area contributed by atoms with Gasteiger partial charge in [-0.15, -0.1) is 0 Å². The Hall–Kier alpha value is -1.61. The van der Waals surface area contributed by atoms with Gasteiger partial charge in [0.15, 0.2) is 0 Å². The quantitative estimate of drug-likeness (QED) is 0.609. The minimum Gasteiger partial charge on any atom is -0.431 e. The number of ether oxygens (including phenoxy) is 2. The third-order valence-electron chi connectivity index (χ3n) is 4.78. The topological polar surface area (TPSA) is 35.5 Å². The summed E-state index contributed by atoms with van der Waals surface area (Å²) in [6.07, 6.45) is 0.382. The van der Waals surface area contributed by atoms with E-state index in [0.717, 1.165) is 11.3 Å². The van der Waals surface area contributed by atoms with Crippen LogP contribution in [-0.2, 0) is 14.3 Å². The van der Waals surface area contributed by atoms with Crippen LogP contribution in [0.2, 0.25) is 0 Å². The van der Waals surface area contributed by atoms with E-state index in [1.54, 1.807) is 0 Å². The van der Waals surface area contributed by atoms with E-state index in [-0.39, 0.29) is 18.2 Å². The van der Waals surface area contributed by atoms with Crippen molar-refractivity contribution >= 4 is 5.97 Å². The van der Waals surface area contributed by atoms with Crippen LogP contribution in [-0.4, -0.2) is 5.97 Å². The number of fused-ring (bicyclic) bond motifs is 8. The van der Waals surface area contributed by atoms with Crippen molar-refractivity contribution in [2.75, 3.05) is 0 Å². The van der Waals surface area contributed by atoms with Crippen LogP contribution in [0.4, 0.5) is 0 Å². The van der Waals surface area contributed by atoms with Gasteiger partial charge in [0.05, 0.1) is 12.2 Å². The van der Waals surface area contributed by atoms with Crippen molar-refractivity contribution in [2.24, 2.45) is 17.8 Å². The first kappa shape index (κ1) is 12.2. The second-order valence-electron chi connectivity index (χ2n) is 6.24. The molecule has 2 bridgehead atoms. The zero-order valence-electron chi connectivity index (χ0n) is 11.9. The second-order valence-corrected chi connectivity index (χ2v) is 6.24. The van der Waals surface area contributed by atoms with Gasteiger partial charge in [0, 0.05) is 24.7 Å². The Balaban J connectivity index is 1.67. The normalized spacial score (nSPS) is 35.2. The number of hydrogen-bond donors (Lipinski definition) is 0. The van der Waals surface area contributed by atoms with Gasteiger partial charge in [-0.05, 0) is 30.5 Å². The van der Waals surface area contributed by atoms with Crippen molar-refractivity contribution in [3.8, 4) is 0 Å². The molecule has 2 aliphatic heterocycles. The lowest BCUT2D eigenvalue weighted by Gasteiger charge is -2.15. The monoisotopic (exact) mass is 270 g/mol. The van der Waals surface area contributed by atoms with Crippen LogP contribution in [0.3, 0.4) is 0 Å². The molecule has 3 heteroatoms. The van der Waals surface area contributed by atoms with Gasteiger partial charge < -0.3 is 9.47 Å².